The molecule has 0 bridgehead atoms. The van der Waals surface area contributed by atoms with Gasteiger partial charge in [0.1, 0.15) is 0 Å². The summed E-state index contributed by atoms with van der Waals surface area (Å²) in [4.78, 5) is 22.3. The molecule has 0 saturated heterocycles. The first kappa shape index (κ1) is 18.4. The Balaban J connectivity index is 2.15. The number of hydrogen-bond donors (Lipinski definition) is 5. The van der Waals surface area contributed by atoms with Gasteiger partial charge in [-0.2, -0.15) is 5.10 Å². The number of hydrogen-bond acceptors (Lipinski definition) is 6. The van der Waals surface area contributed by atoms with Crippen molar-refractivity contribution < 1.29 is 25.0 Å². The molecule has 8 nitrogen and oxygen atoms in total. The van der Waals surface area contributed by atoms with E-state index in [2.05, 4.69) is 10.5 Å². The van der Waals surface area contributed by atoms with Gasteiger partial charge in [-0.3, -0.25) is 14.8 Å². The van der Waals surface area contributed by atoms with E-state index in [0.717, 1.165) is 12.8 Å². The van der Waals surface area contributed by atoms with Crippen LogP contribution in [0.5, 0.6) is 11.5 Å². The van der Waals surface area contributed by atoms with Gasteiger partial charge in [-0.05, 0) is 36.6 Å². The minimum Gasteiger partial charge on any atom is -0.504 e. The Hall–Kier alpha value is -2.61. The van der Waals surface area contributed by atoms with E-state index in [1.165, 1.54) is 18.3 Å². The fraction of sp³-hybridized carbons (Fsp3) is 0.400. The topological polar surface area (TPSA) is 131 Å². The van der Waals surface area contributed by atoms with E-state index in [1.54, 1.807) is 11.5 Å². The third-order valence-electron chi connectivity index (χ3n) is 3.08. The molecule has 0 atom stereocenters. The van der Waals surface area contributed by atoms with Crippen LogP contribution in [0.3, 0.4) is 0 Å². The van der Waals surface area contributed by atoms with Gasteiger partial charge in [0.2, 0.25) is 11.8 Å². The molecule has 0 aliphatic carbocycles. The zero-order valence-corrected chi connectivity index (χ0v) is 12.7. The van der Waals surface area contributed by atoms with Crippen molar-refractivity contribution in [3.05, 3.63) is 23.8 Å². The van der Waals surface area contributed by atoms with Gasteiger partial charge in [0.05, 0.1) is 6.21 Å². The number of phenols is 2. The molecular weight excluding hydrogens is 302 g/mol. The molecular formula is C15H21N3O5. The van der Waals surface area contributed by atoms with Crippen LogP contribution in [0.4, 0.5) is 0 Å². The zero-order valence-electron chi connectivity index (χ0n) is 12.7. The van der Waals surface area contributed by atoms with Crippen molar-refractivity contribution in [3.8, 4) is 11.5 Å². The van der Waals surface area contributed by atoms with E-state index in [0.29, 0.717) is 24.8 Å². The van der Waals surface area contributed by atoms with E-state index in [4.69, 9.17) is 10.3 Å². The average molecular weight is 323 g/mol. The van der Waals surface area contributed by atoms with Crippen molar-refractivity contribution in [3.63, 3.8) is 0 Å². The highest BCUT2D eigenvalue weighted by Gasteiger charge is 2.02. The summed E-state index contributed by atoms with van der Waals surface area (Å²) in [5.41, 5.74) is 4.49. The first-order valence-electron chi connectivity index (χ1n) is 7.29. The Morgan fingerprint density at radius 3 is 2.26 bits per heavy atom. The number of hydroxylamine groups is 1. The maximum atomic E-state index is 11.5. The van der Waals surface area contributed by atoms with Gasteiger partial charge in [-0.1, -0.05) is 12.8 Å². The second kappa shape index (κ2) is 10.2. The Morgan fingerprint density at radius 2 is 1.65 bits per heavy atom. The number of carbonyl (C=O) groups is 2. The molecule has 23 heavy (non-hydrogen) atoms. The second-order valence-corrected chi connectivity index (χ2v) is 4.99. The Bertz CT molecular complexity index is 560. The van der Waals surface area contributed by atoms with Crippen LogP contribution in [0.2, 0.25) is 0 Å². The lowest BCUT2D eigenvalue weighted by Crippen LogP contribution is -2.18. The van der Waals surface area contributed by atoms with Crippen molar-refractivity contribution in [2.75, 3.05) is 0 Å². The summed E-state index contributed by atoms with van der Waals surface area (Å²) in [6.45, 7) is 0. The minimum absolute atomic E-state index is 0.220. The summed E-state index contributed by atoms with van der Waals surface area (Å²) in [6, 6.07) is 4.20. The van der Waals surface area contributed by atoms with Crippen LogP contribution in [0.25, 0.3) is 0 Å². The monoisotopic (exact) mass is 323 g/mol. The molecule has 0 spiro atoms. The molecule has 0 aliphatic heterocycles. The van der Waals surface area contributed by atoms with Crippen molar-refractivity contribution in [1.29, 1.82) is 0 Å². The molecule has 8 heteroatoms. The van der Waals surface area contributed by atoms with Crippen LogP contribution in [0.1, 0.15) is 44.1 Å². The van der Waals surface area contributed by atoms with Crippen LogP contribution < -0.4 is 10.9 Å². The van der Waals surface area contributed by atoms with Gasteiger partial charge < -0.3 is 10.2 Å². The van der Waals surface area contributed by atoms with E-state index < -0.39 is 5.91 Å². The number of nitrogens with one attached hydrogen (secondary N) is 2. The molecule has 2 amide bonds. The van der Waals surface area contributed by atoms with Gasteiger partial charge in [-0.25, -0.2) is 10.9 Å². The molecule has 1 aromatic rings. The van der Waals surface area contributed by atoms with E-state index >= 15 is 0 Å². The van der Waals surface area contributed by atoms with Gasteiger partial charge in [0, 0.05) is 12.8 Å². The summed E-state index contributed by atoms with van der Waals surface area (Å²) >= 11 is 0. The Morgan fingerprint density at radius 1 is 1.00 bits per heavy atom. The van der Waals surface area contributed by atoms with Crippen molar-refractivity contribution in [1.82, 2.24) is 10.9 Å². The fourth-order valence-corrected chi connectivity index (χ4v) is 1.84. The standard InChI is InChI=1S/C15H21N3O5/c19-12-8-7-11(9-13(12)20)10-16-17-14(21)5-3-1-2-4-6-15(22)18-23/h7-10,19-20,23H,1-6H2,(H,17,21)(H,18,22)/b16-10+. The van der Waals surface area contributed by atoms with Crippen molar-refractivity contribution in [2.24, 2.45) is 5.10 Å². The highest BCUT2D eigenvalue weighted by molar-refractivity contribution is 5.83. The predicted octanol–water partition coefficient (Wildman–Crippen LogP) is 1.39. The highest BCUT2D eigenvalue weighted by Crippen LogP contribution is 2.23. The van der Waals surface area contributed by atoms with Crippen LogP contribution >= 0.6 is 0 Å². The van der Waals surface area contributed by atoms with Gasteiger partial charge >= 0.3 is 0 Å². The van der Waals surface area contributed by atoms with Crippen molar-refractivity contribution >= 4 is 18.0 Å². The molecule has 0 aliphatic rings. The zero-order chi connectivity index (χ0) is 17.1. The molecule has 0 radical (unpaired) electrons. The number of phenolic OH excluding ortho intramolecular Hbond substituents is 2. The molecule has 1 rings (SSSR count). The lowest BCUT2D eigenvalue weighted by atomic mass is 10.1. The fourth-order valence-electron chi connectivity index (χ4n) is 1.84. The maximum Gasteiger partial charge on any atom is 0.243 e. The molecule has 0 unspecified atom stereocenters. The Labute approximate surface area is 133 Å². The third-order valence-corrected chi connectivity index (χ3v) is 3.08. The lowest BCUT2D eigenvalue weighted by Gasteiger charge is -2.01. The number of aromatic hydroxyl groups is 2. The quantitative estimate of drug-likeness (QED) is 0.154. The summed E-state index contributed by atoms with van der Waals surface area (Å²) in [7, 11) is 0. The van der Waals surface area contributed by atoms with E-state index in [9.17, 15) is 14.7 Å². The summed E-state index contributed by atoms with van der Waals surface area (Å²) < 4.78 is 0. The van der Waals surface area contributed by atoms with Gasteiger partial charge in [0.25, 0.3) is 0 Å². The van der Waals surface area contributed by atoms with Gasteiger partial charge in [0.15, 0.2) is 11.5 Å². The molecule has 126 valence electrons. The van der Waals surface area contributed by atoms with Crippen LogP contribution in [-0.2, 0) is 9.59 Å². The summed E-state index contributed by atoms with van der Waals surface area (Å²) in [5.74, 6) is -1.10. The number of amides is 2. The molecule has 1 aromatic carbocycles. The number of nitrogens with zero attached hydrogens (tertiary/aromatic N) is 1. The van der Waals surface area contributed by atoms with E-state index in [-0.39, 0.29) is 23.8 Å². The molecule has 0 aromatic heterocycles. The van der Waals surface area contributed by atoms with Crippen LogP contribution in [0.15, 0.2) is 23.3 Å². The SMILES string of the molecule is O=C(CCCCCCC(=O)N/N=C/c1ccc(O)c(O)c1)NO. The number of unbranched alkanes of at least 4 members (excludes halogenated alkanes) is 3. The average Bonchev–Trinajstić information content (AvgIpc) is 2.53. The second-order valence-electron chi connectivity index (χ2n) is 4.99. The highest BCUT2D eigenvalue weighted by atomic mass is 16.5. The largest absolute Gasteiger partial charge is 0.504 e. The Kier molecular flexibility index (Phi) is 8.16. The predicted molar refractivity (Wildman–Crippen MR) is 83.1 cm³/mol. The van der Waals surface area contributed by atoms with E-state index in [1.807, 2.05) is 0 Å². The number of carbonyl (C=O) groups excluding carboxylic acids is 2. The summed E-state index contributed by atoms with van der Waals surface area (Å²) in [6.07, 6.45) is 4.92. The molecule has 5 N–H and O–H groups in total. The number of hydrazone groups is 1. The molecule has 0 saturated carbocycles. The lowest BCUT2D eigenvalue weighted by molar-refractivity contribution is -0.129. The van der Waals surface area contributed by atoms with Crippen LogP contribution in [0, 0.1) is 0 Å². The molecule has 0 fully saturated rings. The van der Waals surface area contributed by atoms with Gasteiger partial charge in [-0.15, -0.1) is 0 Å². The minimum atomic E-state index is -0.405. The normalized spacial score (nSPS) is 10.7. The summed E-state index contributed by atoms with van der Waals surface area (Å²) in [5, 5.41) is 30.5. The number of benzene rings is 1. The third kappa shape index (κ3) is 7.82. The van der Waals surface area contributed by atoms with Crippen molar-refractivity contribution in [2.45, 2.75) is 38.5 Å². The molecule has 0 heterocycles. The first-order chi connectivity index (χ1) is 11.0. The smallest absolute Gasteiger partial charge is 0.243 e. The maximum absolute atomic E-state index is 11.5. The number of rotatable bonds is 9. The van der Waals surface area contributed by atoms with Crippen LogP contribution in [-0.4, -0.2) is 33.4 Å². The first-order valence-corrected chi connectivity index (χ1v) is 7.29.